The van der Waals surface area contributed by atoms with E-state index in [0.717, 1.165) is 25.7 Å². The van der Waals surface area contributed by atoms with Crippen LogP contribution < -0.4 is 0 Å². The van der Waals surface area contributed by atoms with Crippen molar-refractivity contribution in [3.05, 3.63) is 0 Å². The van der Waals surface area contributed by atoms with E-state index in [4.69, 9.17) is 0 Å². The Bertz CT molecular complexity index is 197. The summed E-state index contributed by atoms with van der Waals surface area (Å²) in [7, 11) is -2.82. The van der Waals surface area contributed by atoms with E-state index >= 15 is 0 Å². The number of hydrogen-bond acceptors (Lipinski definition) is 1. The van der Waals surface area contributed by atoms with Crippen LogP contribution in [0.2, 0.25) is 0 Å². The zero-order chi connectivity index (χ0) is 11.7. The molecule has 0 fully saturated rings. The normalized spacial score (nSPS) is 16.2. The molecule has 1 N–H and O–H groups in total. The van der Waals surface area contributed by atoms with Gasteiger partial charge in [-0.3, -0.25) is 4.57 Å². The standard InChI is InChI=1S/C12H27O2P.Cr/c1-4-7-9-12(6-3)11-15(13,14)10-8-5-2;/h12H,4-11H2,1-3H3,(H,13,14);. The molecule has 16 heavy (non-hydrogen) atoms. The van der Waals surface area contributed by atoms with Gasteiger partial charge < -0.3 is 4.89 Å². The van der Waals surface area contributed by atoms with Gasteiger partial charge in [-0.1, -0.05) is 46.5 Å². The molecule has 0 aromatic rings. The molecule has 0 bridgehead atoms. The molecule has 0 saturated heterocycles. The van der Waals surface area contributed by atoms with Crippen LogP contribution in [-0.4, -0.2) is 17.2 Å². The molecule has 0 heterocycles. The largest absolute Gasteiger partial charge is 0.344 e. The Hall–Kier alpha value is 0.722. The van der Waals surface area contributed by atoms with Gasteiger partial charge >= 0.3 is 0 Å². The van der Waals surface area contributed by atoms with Gasteiger partial charge in [0.1, 0.15) is 0 Å². The van der Waals surface area contributed by atoms with Gasteiger partial charge in [-0.05, 0) is 18.8 Å². The quantitative estimate of drug-likeness (QED) is 0.643. The van der Waals surface area contributed by atoms with Gasteiger partial charge in [-0.15, -0.1) is 0 Å². The first-order valence-electron chi connectivity index (χ1n) is 6.36. The minimum atomic E-state index is -2.82. The van der Waals surface area contributed by atoms with Gasteiger partial charge in [-0.25, -0.2) is 0 Å². The second kappa shape index (κ2) is 10.9. The molecule has 0 spiro atoms. The molecule has 0 aliphatic heterocycles. The van der Waals surface area contributed by atoms with Crippen molar-refractivity contribution in [2.24, 2.45) is 5.92 Å². The Morgan fingerprint density at radius 3 is 2.12 bits per heavy atom. The van der Waals surface area contributed by atoms with Crippen molar-refractivity contribution in [3.8, 4) is 0 Å². The maximum Gasteiger partial charge on any atom is 0.200 e. The Balaban J connectivity index is 0. The van der Waals surface area contributed by atoms with Crippen molar-refractivity contribution in [1.82, 2.24) is 0 Å². The topological polar surface area (TPSA) is 37.3 Å². The van der Waals surface area contributed by atoms with Gasteiger partial charge in [0, 0.05) is 29.7 Å². The first kappa shape index (κ1) is 19.1. The van der Waals surface area contributed by atoms with Crippen LogP contribution in [0.5, 0.6) is 0 Å². The van der Waals surface area contributed by atoms with Gasteiger partial charge in [0.05, 0.1) is 0 Å². The van der Waals surface area contributed by atoms with E-state index in [2.05, 4.69) is 20.8 Å². The third kappa shape index (κ3) is 9.91. The van der Waals surface area contributed by atoms with E-state index < -0.39 is 7.37 Å². The van der Waals surface area contributed by atoms with Gasteiger partial charge in [0.25, 0.3) is 0 Å². The van der Waals surface area contributed by atoms with Crippen LogP contribution >= 0.6 is 7.37 Å². The fourth-order valence-electron chi connectivity index (χ4n) is 1.82. The van der Waals surface area contributed by atoms with Crippen LogP contribution in [0, 0.1) is 5.92 Å². The summed E-state index contributed by atoms with van der Waals surface area (Å²) < 4.78 is 11.9. The summed E-state index contributed by atoms with van der Waals surface area (Å²) in [5, 5.41) is 0. The smallest absolute Gasteiger partial charge is 0.200 e. The summed E-state index contributed by atoms with van der Waals surface area (Å²) in [6.07, 6.45) is 7.48. The Morgan fingerprint density at radius 1 is 1.12 bits per heavy atom. The summed E-state index contributed by atoms with van der Waals surface area (Å²) in [4.78, 5) is 9.80. The maximum atomic E-state index is 11.9. The molecule has 0 radical (unpaired) electrons. The van der Waals surface area contributed by atoms with Crippen LogP contribution in [0.25, 0.3) is 0 Å². The van der Waals surface area contributed by atoms with E-state index in [-0.39, 0.29) is 17.4 Å². The van der Waals surface area contributed by atoms with Crippen molar-refractivity contribution in [2.75, 3.05) is 12.3 Å². The van der Waals surface area contributed by atoms with Crippen LogP contribution in [0.4, 0.5) is 0 Å². The third-order valence-corrected chi connectivity index (χ3v) is 5.05. The van der Waals surface area contributed by atoms with Gasteiger partial charge in [0.2, 0.25) is 7.37 Å². The Morgan fingerprint density at radius 2 is 1.69 bits per heavy atom. The van der Waals surface area contributed by atoms with Crippen LogP contribution in [-0.2, 0) is 21.9 Å². The fraction of sp³-hybridized carbons (Fsp3) is 1.00. The van der Waals surface area contributed by atoms with E-state index in [9.17, 15) is 9.46 Å². The first-order chi connectivity index (χ1) is 7.05. The first-order valence-corrected chi connectivity index (χ1v) is 8.39. The Kier molecular flexibility index (Phi) is 12.9. The average molecular weight is 286 g/mol. The second-order valence-electron chi connectivity index (χ2n) is 4.52. The number of hydrogen-bond donors (Lipinski definition) is 1. The van der Waals surface area contributed by atoms with Crippen molar-refractivity contribution in [1.29, 1.82) is 0 Å². The minimum Gasteiger partial charge on any atom is -0.344 e. The zero-order valence-electron chi connectivity index (χ0n) is 10.9. The van der Waals surface area contributed by atoms with Crippen LogP contribution in [0.15, 0.2) is 0 Å². The summed E-state index contributed by atoms with van der Waals surface area (Å²) in [6.45, 7) is 6.36. The molecule has 0 aliphatic carbocycles. The van der Waals surface area contributed by atoms with Gasteiger partial charge in [0.15, 0.2) is 0 Å². The van der Waals surface area contributed by atoms with Crippen molar-refractivity contribution in [3.63, 3.8) is 0 Å². The molecule has 0 rings (SSSR count). The summed E-state index contributed by atoms with van der Waals surface area (Å²) in [6, 6.07) is 0. The van der Waals surface area contributed by atoms with Crippen molar-refractivity contribution >= 4 is 7.37 Å². The molecular formula is C12H27CrO2P. The molecule has 2 nitrogen and oxygen atoms in total. The van der Waals surface area contributed by atoms with E-state index in [1.54, 1.807) is 0 Å². The molecule has 4 heteroatoms. The SMILES string of the molecule is CCCCC(CC)CP(=O)(O)CCCC.[Cr]. The maximum absolute atomic E-state index is 11.9. The molecule has 0 aliphatic rings. The second-order valence-corrected chi connectivity index (χ2v) is 7.03. The molecular weight excluding hydrogens is 259 g/mol. The van der Waals surface area contributed by atoms with E-state index in [1.807, 2.05) is 0 Å². The summed E-state index contributed by atoms with van der Waals surface area (Å²) in [5.74, 6) is 0.456. The Labute approximate surface area is 112 Å². The van der Waals surface area contributed by atoms with E-state index in [0.29, 0.717) is 18.2 Å². The molecule has 2 atom stereocenters. The summed E-state index contributed by atoms with van der Waals surface area (Å²) in [5.41, 5.74) is 0. The molecule has 0 aromatic carbocycles. The zero-order valence-corrected chi connectivity index (χ0v) is 13.1. The number of rotatable bonds is 9. The van der Waals surface area contributed by atoms with Crippen LogP contribution in [0.1, 0.15) is 59.3 Å². The van der Waals surface area contributed by atoms with Gasteiger partial charge in [-0.2, -0.15) is 0 Å². The molecule has 98 valence electrons. The van der Waals surface area contributed by atoms with E-state index in [1.165, 1.54) is 12.8 Å². The van der Waals surface area contributed by atoms with Crippen LogP contribution in [0.3, 0.4) is 0 Å². The third-order valence-electron chi connectivity index (χ3n) is 2.95. The molecule has 0 amide bonds. The van der Waals surface area contributed by atoms with Crippen molar-refractivity contribution in [2.45, 2.75) is 59.3 Å². The predicted octanol–water partition coefficient (Wildman–Crippen LogP) is 4.27. The monoisotopic (exact) mass is 286 g/mol. The predicted molar refractivity (Wildman–Crippen MR) is 67.8 cm³/mol. The number of unbranched alkanes of at least 4 members (excludes halogenated alkanes) is 2. The van der Waals surface area contributed by atoms with Crippen molar-refractivity contribution < 1.29 is 26.8 Å². The minimum absolute atomic E-state index is 0. The molecule has 0 aromatic heterocycles. The summed E-state index contributed by atoms with van der Waals surface area (Å²) >= 11 is 0. The molecule has 2 unspecified atom stereocenters. The molecule has 0 saturated carbocycles. The average Bonchev–Trinajstić information content (AvgIpc) is 2.21. The fourth-order valence-corrected chi connectivity index (χ4v) is 4.06.